The van der Waals surface area contributed by atoms with Crippen LogP contribution in [0.5, 0.6) is 0 Å². The Morgan fingerprint density at radius 2 is 2.18 bits per heavy atom. The maximum Gasteiger partial charge on any atom is 0.0953 e. The predicted molar refractivity (Wildman–Crippen MR) is 76.3 cm³/mol. The summed E-state index contributed by atoms with van der Waals surface area (Å²) in [6, 6.07) is 8.33. The molecule has 0 radical (unpaired) electrons. The monoisotopic (exact) mass is 299 g/mol. The number of halogens is 1. The van der Waals surface area contributed by atoms with E-state index in [1.807, 2.05) is 13.1 Å². The Kier molecular flexibility index (Phi) is 6.78. The normalized spacial score (nSPS) is 14.6. The van der Waals surface area contributed by atoms with Gasteiger partial charge in [0, 0.05) is 11.0 Å². The van der Waals surface area contributed by atoms with E-state index in [9.17, 15) is 0 Å². The Balaban J connectivity index is 2.71. The number of ether oxygens (including phenoxy) is 1. The van der Waals surface area contributed by atoms with Crippen molar-refractivity contribution in [3.05, 3.63) is 34.3 Å². The van der Waals surface area contributed by atoms with Gasteiger partial charge in [-0.05, 0) is 38.1 Å². The smallest absolute Gasteiger partial charge is 0.0953 e. The molecule has 1 aromatic rings. The molecule has 2 unspecified atom stereocenters. The van der Waals surface area contributed by atoms with Crippen LogP contribution in [0.4, 0.5) is 0 Å². The average Bonchev–Trinajstić information content (AvgIpc) is 2.29. The summed E-state index contributed by atoms with van der Waals surface area (Å²) >= 11 is 3.50. The molecule has 0 aliphatic rings. The SMILES string of the molecule is CCCC(C)OC(CNC)c1cccc(Br)c1. The Morgan fingerprint density at radius 3 is 2.76 bits per heavy atom. The van der Waals surface area contributed by atoms with Gasteiger partial charge < -0.3 is 10.1 Å². The second-order valence-electron chi connectivity index (χ2n) is 4.34. The van der Waals surface area contributed by atoms with Crippen molar-refractivity contribution in [2.45, 2.75) is 38.9 Å². The molecule has 0 spiro atoms. The molecule has 0 bridgehead atoms. The number of hydrogen-bond acceptors (Lipinski definition) is 2. The van der Waals surface area contributed by atoms with Crippen molar-refractivity contribution in [1.82, 2.24) is 5.32 Å². The highest BCUT2D eigenvalue weighted by molar-refractivity contribution is 9.10. The van der Waals surface area contributed by atoms with E-state index in [-0.39, 0.29) is 6.10 Å². The van der Waals surface area contributed by atoms with E-state index < -0.39 is 0 Å². The summed E-state index contributed by atoms with van der Waals surface area (Å²) in [7, 11) is 1.96. The molecule has 0 aliphatic heterocycles. The molecule has 1 N–H and O–H groups in total. The number of benzene rings is 1. The van der Waals surface area contributed by atoms with Gasteiger partial charge in [-0.25, -0.2) is 0 Å². The quantitative estimate of drug-likeness (QED) is 0.824. The van der Waals surface area contributed by atoms with E-state index in [1.54, 1.807) is 0 Å². The van der Waals surface area contributed by atoms with Crippen molar-refractivity contribution in [2.24, 2.45) is 0 Å². The lowest BCUT2D eigenvalue weighted by atomic mass is 10.1. The maximum absolute atomic E-state index is 6.09. The van der Waals surface area contributed by atoms with E-state index in [4.69, 9.17) is 4.74 Å². The van der Waals surface area contributed by atoms with E-state index >= 15 is 0 Å². The molecule has 0 heterocycles. The van der Waals surface area contributed by atoms with Gasteiger partial charge in [0.25, 0.3) is 0 Å². The van der Waals surface area contributed by atoms with Crippen molar-refractivity contribution < 1.29 is 4.74 Å². The molecule has 0 aromatic heterocycles. The number of likely N-dealkylation sites (N-methyl/N-ethyl adjacent to an activating group) is 1. The Labute approximate surface area is 113 Å². The van der Waals surface area contributed by atoms with Gasteiger partial charge in [-0.15, -0.1) is 0 Å². The fourth-order valence-corrected chi connectivity index (χ4v) is 2.31. The Morgan fingerprint density at radius 1 is 1.41 bits per heavy atom. The predicted octanol–water partition coefficient (Wildman–Crippen LogP) is 3.91. The first-order valence-corrected chi connectivity index (χ1v) is 7.02. The van der Waals surface area contributed by atoms with Crippen LogP contribution in [0.15, 0.2) is 28.7 Å². The van der Waals surface area contributed by atoms with E-state index in [2.05, 4.69) is 53.3 Å². The van der Waals surface area contributed by atoms with Crippen LogP contribution in [0, 0.1) is 0 Å². The zero-order valence-electron chi connectivity index (χ0n) is 10.9. The molecule has 96 valence electrons. The summed E-state index contributed by atoms with van der Waals surface area (Å²) in [5.41, 5.74) is 1.22. The van der Waals surface area contributed by atoms with Gasteiger partial charge in [0.1, 0.15) is 0 Å². The average molecular weight is 300 g/mol. The first-order valence-electron chi connectivity index (χ1n) is 6.22. The second kappa shape index (κ2) is 7.85. The molecule has 0 fully saturated rings. The van der Waals surface area contributed by atoms with Gasteiger partial charge in [0.15, 0.2) is 0 Å². The van der Waals surface area contributed by atoms with Crippen LogP contribution in [-0.4, -0.2) is 19.7 Å². The molecular weight excluding hydrogens is 278 g/mol. The minimum absolute atomic E-state index is 0.124. The molecule has 2 atom stereocenters. The molecule has 0 saturated heterocycles. The van der Waals surface area contributed by atoms with Crippen molar-refractivity contribution >= 4 is 15.9 Å². The topological polar surface area (TPSA) is 21.3 Å². The molecular formula is C14H22BrNO. The standard InChI is InChI=1S/C14H22BrNO/c1-4-6-11(2)17-14(10-16-3)12-7-5-8-13(15)9-12/h5,7-9,11,14,16H,4,6,10H2,1-3H3. The van der Waals surface area contributed by atoms with Crippen molar-refractivity contribution in [3.63, 3.8) is 0 Å². The molecule has 0 saturated carbocycles. The van der Waals surface area contributed by atoms with Crippen LogP contribution in [0.2, 0.25) is 0 Å². The van der Waals surface area contributed by atoms with Crippen LogP contribution in [0.25, 0.3) is 0 Å². The lowest BCUT2D eigenvalue weighted by Crippen LogP contribution is -2.23. The molecule has 2 nitrogen and oxygen atoms in total. The highest BCUT2D eigenvalue weighted by Crippen LogP contribution is 2.23. The summed E-state index contributed by atoms with van der Waals surface area (Å²) < 4.78 is 7.19. The third kappa shape index (κ3) is 5.19. The summed E-state index contributed by atoms with van der Waals surface area (Å²) in [6.07, 6.45) is 2.69. The van der Waals surface area contributed by atoms with Crippen LogP contribution in [0.3, 0.4) is 0 Å². The Bertz CT molecular complexity index is 330. The van der Waals surface area contributed by atoms with Crippen LogP contribution in [-0.2, 0) is 4.74 Å². The molecule has 3 heteroatoms. The van der Waals surface area contributed by atoms with Crippen molar-refractivity contribution in [2.75, 3.05) is 13.6 Å². The molecule has 1 rings (SSSR count). The molecule has 17 heavy (non-hydrogen) atoms. The first kappa shape index (κ1) is 14.7. The summed E-state index contributed by atoms with van der Waals surface area (Å²) in [5, 5.41) is 3.19. The zero-order chi connectivity index (χ0) is 12.7. The van der Waals surface area contributed by atoms with Gasteiger partial charge in [0.05, 0.1) is 12.2 Å². The van der Waals surface area contributed by atoms with Crippen molar-refractivity contribution in [1.29, 1.82) is 0 Å². The third-order valence-electron chi connectivity index (χ3n) is 2.70. The lowest BCUT2D eigenvalue weighted by molar-refractivity contribution is -0.00634. The minimum Gasteiger partial charge on any atom is -0.369 e. The molecule has 0 amide bonds. The van der Waals surface area contributed by atoms with Crippen LogP contribution < -0.4 is 5.32 Å². The van der Waals surface area contributed by atoms with Gasteiger partial charge >= 0.3 is 0 Å². The fraction of sp³-hybridized carbons (Fsp3) is 0.571. The fourth-order valence-electron chi connectivity index (χ4n) is 1.89. The van der Waals surface area contributed by atoms with Crippen LogP contribution >= 0.6 is 15.9 Å². The highest BCUT2D eigenvalue weighted by atomic mass is 79.9. The van der Waals surface area contributed by atoms with Crippen LogP contribution in [0.1, 0.15) is 38.4 Å². The molecule has 0 aliphatic carbocycles. The number of nitrogens with one attached hydrogen (secondary N) is 1. The van der Waals surface area contributed by atoms with Gasteiger partial charge in [-0.2, -0.15) is 0 Å². The highest BCUT2D eigenvalue weighted by Gasteiger charge is 2.14. The number of rotatable bonds is 7. The minimum atomic E-state index is 0.124. The van der Waals surface area contributed by atoms with Crippen molar-refractivity contribution in [3.8, 4) is 0 Å². The zero-order valence-corrected chi connectivity index (χ0v) is 12.5. The maximum atomic E-state index is 6.09. The lowest BCUT2D eigenvalue weighted by Gasteiger charge is -2.22. The largest absolute Gasteiger partial charge is 0.369 e. The van der Waals surface area contributed by atoms with Gasteiger partial charge in [-0.1, -0.05) is 41.4 Å². The summed E-state index contributed by atoms with van der Waals surface area (Å²) in [6.45, 7) is 5.17. The second-order valence-corrected chi connectivity index (χ2v) is 5.25. The summed E-state index contributed by atoms with van der Waals surface area (Å²) in [4.78, 5) is 0. The van der Waals surface area contributed by atoms with E-state index in [0.29, 0.717) is 6.10 Å². The molecule has 1 aromatic carbocycles. The van der Waals surface area contributed by atoms with E-state index in [1.165, 1.54) is 5.56 Å². The van der Waals surface area contributed by atoms with Gasteiger partial charge in [0.2, 0.25) is 0 Å². The number of hydrogen-bond donors (Lipinski definition) is 1. The van der Waals surface area contributed by atoms with E-state index in [0.717, 1.165) is 23.9 Å². The third-order valence-corrected chi connectivity index (χ3v) is 3.20. The summed E-state index contributed by atoms with van der Waals surface area (Å²) in [5.74, 6) is 0. The Hall–Kier alpha value is -0.380. The first-order chi connectivity index (χ1) is 8.17. The van der Waals surface area contributed by atoms with Gasteiger partial charge in [-0.3, -0.25) is 0 Å².